The van der Waals surface area contributed by atoms with Crippen LogP contribution in [0, 0.1) is 11.6 Å². The molecule has 0 fully saturated rings. The molecule has 0 bridgehead atoms. The molecule has 0 spiro atoms. The van der Waals surface area contributed by atoms with E-state index in [1.54, 1.807) is 12.1 Å². The lowest BCUT2D eigenvalue weighted by atomic mass is 9.73. The van der Waals surface area contributed by atoms with Crippen molar-refractivity contribution >= 4 is 11.7 Å². The van der Waals surface area contributed by atoms with Gasteiger partial charge in [0.1, 0.15) is 11.6 Å². The van der Waals surface area contributed by atoms with E-state index in [1.807, 2.05) is 0 Å². The molecule has 1 amide bonds. The van der Waals surface area contributed by atoms with Crippen LogP contribution in [-0.2, 0) is 9.59 Å². The van der Waals surface area contributed by atoms with Crippen molar-refractivity contribution in [1.82, 2.24) is 5.32 Å². The Hall–Kier alpha value is -3.42. The fourth-order valence-corrected chi connectivity index (χ4v) is 4.58. The largest absolute Gasteiger partial charge is 0.493 e. The maximum atomic E-state index is 14.5. The maximum Gasteiger partial charge on any atom is 0.225 e. The first-order chi connectivity index (χ1) is 15.4. The summed E-state index contributed by atoms with van der Waals surface area (Å²) in [4.78, 5) is 25.6. The number of Topliss-reactive ketones (excluding diaryl/α,β-unsaturated/α-hetero) is 1. The van der Waals surface area contributed by atoms with Crippen molar-refractivity contribution in [1.29, 1.82) is 0 Å². The van der Waals surface area contributed by atoms with Gasteiger partial charge in [-0.05, 0) is 53.8 Å². The molecular formula is C24H23F2NO5. The minimum Gasteiger partial charge on any atom is -0.493 e. The molecule has 2 atom stereocenters. The van der Waals surface area contributed by atoms with Gasteiger partial charge in [-0.1, -0.05) is 0 Å². The number of halogens is 2. The molecule has 2 aromatic carbocycles. The molecule has 168 valence electrons. The SMILES string of the molecule is COc1cc([C@H]2CC(=O)C3=C(C2)NC(=O)C[C@H]3c2cc(F)ccc2F)cc(OC)c1OC. The van der Waals surface area contributed by atoms with Crippen molar-refractivity contribution in [3.8, 4) is 17.2 Å². The summed E-state index contributed by atoms with van der Waals surface area (Å²) in [5, 5.41) is 2.78. The minimum atomic E-state index is -0.817. The lowest BCUT2D eigenvalue weighted by Gasteiger charge is -2.34. The monoisotopic (exact) mass is 443 g/mol. The highest BCUT2D eigenvalue weighted by molar-refractivity contribution is 6.02. The van der Waals surface area contributed by atoms with E-state index in [-0.39, 0.29) is 36.0 Å². The number of ether oxygens (including phenoxy) is 3. The molecule has 0 unspecified atom stereocenters. The summed E-state index contributed by atoms with van der Waals surface area (Å²) < 4.78 is 44.5. The standard InChI is InChI=1S/C24H23F2NO5/c1-30-20-8-13(9-21(31-2)24(20)32-3)12-6-18-23(19(28)7-12)16(11-22(29)27-18)15-10-14(25)4-5-17(15)26/h4-5,8-10,12,16H,6-7,11H2,1-3H3,(H,27,29)/t12-,16+/m1/s1. The molecule has 6 nitrogen and oxygen atoms in total. The van der Waals surface area contributed by atoms with Crippen LogP contribution in [0.4, 0.5) is 8.78 Å². The second-order valence-electron chi connectivity index (χ2n) is 7.85. The Kier molecular flexibility index (Phi) is 5.86. The normalized spacial score (nSPS) is 20.5. The Morgan fingerprint density at radius 1 is 0.906 bits per heavy atom. The van der Waals surface area contributed by atoms with Gasteiger partial charge in [0.2, 0.25) is 11.7 Å². The molecule has 2 aromatic rings. The summed E-state index contributed by atoms with van der Waals surface area (Å²) >= 11 is 0. The second kappa shape index (κ2) is 8.61. The summed E-state index contributed by atoms with van der Waals surface area (Å²) in [6, 6.07) is 6.64. The predicted molar refractivity (Wildman–Crippen MR) is 112 cm³/mol. The quantitative estimate of drug-likeness (QED) is 0.756. The Bertz CT molecular complexity index is 1100. The number of hydrogen-bond donors (Lipinski definition) is 1. The number of benzene rings is 2. The Balaban J connectivity index is 1.75. The maximum absolute atomic E-state index is 14.5. The number of carbonyl (C=O) groups is 2. The van der Waals surface area contributed by atoms with Gasteiger partial charge >= 0.3 is 0 Å². The van der Waals surface area contributed by atoms with Crippen LogP contribution in [0.1, 0.15) is 42.2 Å². The molecule has 0 aromatic heterocycles. The number of allylic oxidation sites excluding steroid dienone is 2. The lowest BCUT2D eigenvalue weighted by Crippen LogP contribution is -2.38. The molecule has 2 aliphatic rings. The summed E-state index contributed by atoms with van der Waals surface area (Å²) in [5.74, 6) is -1.52. The number of nitrogens with one attached hydrogen (secondary N) is 1. The third-order valence-electron chi connectivity index (χ3n) is 6.03. The van der Waals surface area contributed by atoms with Crippen LogP contribution in [0.2, 0.25) is 0 Å². The van der Waals surface area contributed by atoms with Crippen molar-refractivity contribution in [2.45, 2.75) is 31.1 Å². The molecule has 0 saturated carbocycles. The summed E-state index contributed by atoms with van der Waals surface area (Å²) in [7, 11) is 4.52. The zero-order valence-electron chi connectivity index (χ0n) is 18.0. The highest BCUT2D eigenvalue weighted by Gasteiger charge is 2.39. The Morgan fingerprint density at radius 3 is 2.22 bits per heavy atom. The van der Waals surface area contributed by atoms with Crippen LogP contribution < -0.4 is 19.5 Å². The number of ketones is 1. The van der Waals surface area contributed by atoms with Crippen LogP contribution in [-0.4, -0.2) is 33.0 Å². The van der Waals surface area contributed by atoms with E-state index in [1.165, 1.54) is 21.3 Å². The van der Waals surface area contributed by atoms with Crippen molar-refractivity contribution in [3.05, 3.63) is 64.4 Å². The molecule has 1 aliphatic carbocycles. The molecule has 0 saturated heterocycles. The number of amides is 1. The van der Waals surface area contributed by atoms with Gasteiger partial charge < -0.3 is 19.5 Å². The molecule has 1 heterocycles. The Labute approximate surface area is 184 Å². The average Bonchev–Trinajstić information content (AvgIpc) is 2.78. The highest BCUT2D eigenvalue weighted by atomic mass is 19.1. The third kappa shape index (κ3) is 3.81. The number of hydrogen-bond acceptors (Lipinski definition) is 5. The molecule has 8 heteroatoms. The van der Waals surface area contributed by atoms with Crippen molar-refractivity contribution < 1.29 is 32.6 Å². The summed E-state index contributed by atoms with van der Waals surface area (Å²) in [5.41, 5.74) is 1.60. The zero-order valence-corrected chi connectivity index (χ0v) is 18.0. The first-order valence-corrected chi connectivity index (χ1v) is 10.2. The first-order valence-electron chi connectivity index (χ1n) is 10.2. The van der Waals surface area contributed by atoms with Crippen molar-refractivity contribution in [2.24, 2.45) is 0 Å². The smallest absolute Gasteiger partial charge is 0.225 e. The average molecular weight is 443 g/mol. The third-order valence-corrected chi connectivity index (χ3v) is 6.03. The summed E-state index contributed by atoms with van der Waals surface area (Å²) in [6.45, 7) is 0. The van der Waals surface area contributed by atoms with Crippen molar-refractivity contribution in [3.63, 3.8) is 0 Å². The van der Waals surface area contributed by atoms with Crippen LogP contribution in [0.3, 0.4) is 0 Å². The van der Waals surface area contributed by atoms with Gasteiger partial charge in [0.25, 0.3) is 0 Å². The van der Waals surface area contributed by atoms with E-state index in [9.17, 15) is 18.4 Å². The molecule has 0 radical (unpaired) electrons. The van der Waals surface area contributed by atoms with E-state index in [0.717, 1.165) is 23.8 Å². The molecular weight excluding hydrogens is 420 g/mol. The molecule has 1 aliphatic heterocycles. The van der Waals surface area contributed by atoms with E-state index < -0.39 is 17.6 Å². The van der Waals surface area contributed by atoms with Crippen LogP contribution in [0.5, 0.6) is 17.2 Å². The van der Waals surface area contributed by atoms with Gasteiger partial charge in [-0.25, -0.2) is 8.78 Å². The van der Waals surface area contributed by atoms with Gasteiger partial charge in [0.05, 0.1) is 21.3 Å². The topological polar surface area (TPSA) is 73.9 Å². The summed E-state index contributed by atoms with van der Waals surface area (Å²) in [6.07, 6.45) is 0.402. The van der Waals surface area contributed by atoms with Crippen LogP contribution >= 0.6 is 0 Å². The fourth-order valence-electron chi connectivity index (χ4n) is 4.58. The number of carbonyl (C=O) groups excluding carboxylic acids is 2. The van der Waals surface area contributed by atoms with Gasteiger partial charge in [0, 0.05) is 30.0 Å². The van der Waals surface area contributed by atoms with E-state index >= 15 is 0 Å². The molecule has 4 rings (SSSR count). The second-order valence-corrected chi connectivity index (χ2v) is 7.85. The van der Waals surface area contributed by atoms with Gasteiger partial charge in [0.15, 0.2) is 17.3 Å². The minimum absolute atomic E-state index is 0.0203. The molecule has 1 N–H and O–H groups in total. The predicted octanol–water partition coefficient (Wildman–Crippen LogP) is 3.99. The first kappa shape index (κ1) is 21.8. The Morgan fingerprint density at radius 2 is 1.59 bits per heavy atom. The van der Waals surface area contributed by atoms with Gasteiger partial charge in [-0.15, -0.1) is 0 Å². The van der Waals surface area contributed by atoms with E-state index in [0.29, 0.717) is 34.9 Å². The van der Waals surface area contributed by atoms with Crippen LogP contribution in [0.25, 0.3) is 0 Å². The lowest BCUT2D eigenvalue weighted by molar-refractivity contribution is -0.122. The van der Waals surface area contributed by atoms with Crippen molar-refractivity contribution in [2.75, 3.05) is 21.3 Å². The van der Waals surface area contributed by atoms with Crippen LogP contribution in [0.15, 0.2) is 41.6 Å². The number of rotatable bonds is 5. The number of methoxy groups -OCH3 is 3. The van der Waals surface area contributed by atoms with E-state index in [4.69, 9.17) is 14.2 Å². The zero-order chi connectivity index (χ0) is 23.0. The fraction of sp³-hybridized carbons (Fsp3) is 0.333. The van der Waals surface area contributed by atoms with Gasteiger partial charge in [-0.2, -0.15) is 0 Å². The van der Waals surface area contributed by atoms with E-state index in [2.05, 4.69) is 5.32 Å². The van der Waals surface area contributed by atoms with Gasteiger partial charge in [-0.3, -0.25) is 9.59 Å². The highest BCUT2D eigenvalue weighted by Crippen LogP contribution is 2.46. The molecule has 32 heavy (non-hydrogen) atoms.